The molecule has 21 heavy (non-hydrogen) atoms. The van der Waals surface area contributed by atoms with Gasteiger partial charge in [-0.1, -0.05) is 36.6 Å². The van der Waals surface area contributed by atoms with Crippen LogP contribution in [0.25, 0.3) is 0 Å². The number of nitrogens with two attached hydrogens (primary N) is 1. The van der Waals surface area contributed by atoms with Crippen LogP contribution < -0.4 is 5.73 Å². The highest BCUT2D eigenvalue weighted by Gasteiger charge is 2.45. The van der Waals surface area contributed by atoms with Gasteiger partial charge in [0.25, 0.3) is 0 Å². The molecule has 0 radical (unpaired) electrons. The molecule has 1 aliphatic carbocycles. The molecule has 2 fully saturated rings. The second-order valence-corrected chi connectivity index (χ2v) is 6.89. The molecule has 0 bridgehead atoms. The molecule has 0 aromatic heterocycles. The minimum absolute atomic E-state index is 0.131. The number of benzene rings is 1. The Morgan fingerprint density at radius 1 is 1.19 bits per heavy atom. The molecule has 1 atom stereocenters. The van der Waals surface area contributed by atoms with Crippen molar-refractivity contribution in [3.8, 4) is 0 Å². The fraction of sp³-hybridized carbons (Fsp3) is 0.588. The van der Waals surface area contributed by atoms with E-state index >= 15 is 0 Å². The number of nitrogens with zero attached hydrogens (tertiary/aromatic N) is 1. The summed E-state index contributed by atoms with van der Waals surface area (Å²) in [4.78, 5) is 15.2. The number of amides is 1. The molecule has 1 aromatic rings. The van der Waals surface area contributed by atoms with Gasteiger partial charge in [0, 0.05) is 24.2 Å². The second kappa shape index (κ2) is 5.98. The van der Waals surface area contributed by atoms with Crippen LogP contribution in [0.5, 0.6) is 0 Å². The highest BCUT2D eigenvalue weighted by Crippen LogP contribution is 2.43. The summed E-state index contributed by atoms with van der Waals surface area (Å²) in [6, 6.07) is 7.97. The van der Waals surface area contributed by atoms with E-state index in [1.54, 1.807) is 0 Å². The van der Waals surface area contributed by atoms with E-state index in [4.69, 9.17) is 17.3 Å². The van der Waals surface area contributed by atoms with Crippen molar-refractivity contribution in [2.75, 3.05) is 13.1 Å². The van der Waals surface area contributed by atoms with Gasteiger partial charge in [-0.3, -0.25) is 4.79 Å². The number of halogens is 1. The van der Waals surface area contributed by atoms with Gasteiger partial charge in [-0.15, -0.1) is 0 Å². The van der Waals surface area contributed by atoms with Crippen molar-refractivity contribution >= 4 is 17.5 Å². The van der Waals surface area contributed by atoms with Crippen LogP contribution in [0.2, 0.25) is 5.02 Å². The van der Waals surface area contributed by atoms with Crippen LogP contribution in [-0.4, -0.2) is 29.9 Å². The number of carbonyl (C=O) groups excluding carboxylic acids is 1. The zero-order valence-electron chi connectivity index (χ0n) is 12.4. The maximum Gasteiger partial charge on any atom is 0.233 e. The van der Waals surface area contributed by atoms with E-state index in [1.165, 1.54) is 0 Å². The van der Waals surface area contributed by atoms with Crippen LogP contribution in [0.3, 0.4) is 0 Å². The van der Waals surface area contributed by atoms with E-state index in [1.807, 2.05) is 29.2 Å². The third-order valence-electron chi connectivity index (χ3n) is 5.01. The maximum atomic E-state index is 13.2. The Kier molecular flexibility index (Phi) is 4.23. The molecule has 2 N–H and O–H groups in total. The summed E-state index contributed by atoms with van der Waals surface area (Å²) in [5.74, 6) is 0.275. The van der Waals surface area contributed by atoms with Crippen molar-refractivity contribution in [3.05, 3.63) is 34.9 Å². The standard InChI is InChI=1S/C17H23ClN2O/c18-14-7-5-13(6-8-14)17(9-1-2-10-17)16(21)20-11-3-4-15(19)12-20/h5-8,15H,1-4,9-12,19H2. The summed E-state index contributed by atoms with van der Waals surface area (Å²) in [6.45, 7) is 1.55. The summed E-state index contributed by atoms with van der Waals surface area (Å²) in [6.07, 6.45) is 6.17. The lowest BCUT2D eigenvalue weighted by Gasteiger charge is -2.38. The van der Waals surface area contributed by atoms with Gasteiger partial charge in [-0.2, -0.15) is 0 Å². The number of hydrogen-bond donors (Lipinski definition) is 1. The molecule has 3 rings (SSSR count). The van der Waals surface area contributed by atoms with E-state index in [2.05, 4.69) is 0 Å². The predicted octanol–water partition coefficient (Wildman–Crippen LogP) is 3.10. The van der Waals surface area contributed by atoms with E-state index in [0.717, 1.165) is 55.7 Å². The first-order valence-electron chi connectivity index (χ1n) is 7.93. The predicted molar refractivity (Wildman–Crippen MR) is 85.4 cm³/mol. The van der Waals surface area contributed by atoms with E-state index in [9.17, 15) is 4.79 Å². The molecule has 1 aliphatic heterocycles. The number of likely N-dealkylation sites (tertiary alicyclic amines) is 1. The summed E-state index contributed by atoms with van der Waals surface area (Å²) in [7, 11) is 0. The summed E-state index contributed by atoms with van der Waals surface area (Å²) in [5, 5.41) is 0.722. The van der Waals surface area contributed by atoms with Crippen molar-refractivity contribution in [2.45, 2.75) is 50.0 Å². The zero-order chi connectivity index (χ0) is 14.9. The summed E-state index contributed by atoms with van der Waals surface area (Å²) >= 11 is 6.00. The Labute approximate surface area is 131 Å². The molecule has 114 valence electrons. The molecule has 3 nitrogen and oxygen atoms in total. The zero-order valence-corrected chi connectivity index (χ0v) is 13.1. The van der Waals surface area contributed by atoms with E-state index in [0.29, 0.717) is 6.54 Å². The van der Waals surface area contributed by atoms with Crippen molar-refractivity contribution in [3.63, 3.8) is 0 Å². The van der Waals surface area contributed by atoms with Crippen molar-refractivity contribution in [1.29, 1.82) is 0 Å². The SMILES string of the molecule is NC1CCCN(C(=O)C2(c3ccc(Cl)cc3)CCCC2)C1. The summed E-state index contributed by atoms with van der Waals surface area (Å²) < 4.78 is 0. The quantitative estimate of drug-likeness (QED) is 0.912. The first-order chi connectivity index (χ1) is 10.1. The van der Waals surface area contributed by atoms with E-state index < -0.39 is 0 Å². The molecule has 1 saturated heterocycles. The molecule has 0 spiro atoms. The van der Waals surface area contributed by atoms with Gasteiger partial charge in [0.05, 0.1) is 5.41 Å². The first kappa shape index (κ1) is 14.9. The third kappa shape index (κ3) is 2.82. The molecular weight excluding hydrogens is 284 g/mol. The van der Waals surface area contributed by atoms with Crippen LogP contribution in [0.4, 0.5) is 0 Å². The molecule has 1 saturated carbocycles. The summed E-state index contributed by atoms with van der Waals surface area (Å²) in [5.41, 5.74) is 6.83. The smallest absolute Gasteiger partial charge is 0.233 e. The van der Waals surface area contributed by atoms with Crippen molar-refractivity contribution in [1.82, 2.24) is 4.90 Å². The maximum absolute atomic E-state index is 13.2. The Bertz CT molecular complexity index is 508. The fourth-order valence-electron chi connectivity index (χ4n) is 3.87. The highest BCUT2D eigenvalue weighted by molar-refractivity contribution is 6.30. The monoisotopic (exact) mass is 306 g/mol. The number of rotatable bonds is 2. The van der Waals surface area contributed by atoms with Crippen molar-refractivity contribution < 1.29 is 4.79 Å². The van der Waals surface area contributed by atoms with Crippen LogP contribution in [0.15, 0.2) is 24.3 Å². The third-order valence-corrected chi connectivity index (χ3v) is 5.26. The van der Waals surface area contributed by atoms with Gasteiger partial charge in [0.1, 0.15) is 0 Å². The number of hydrogen-bond acceptors (Lipinski definition) is 2. The minimum atomic E-state index is -0.346. The number of piperidine rings is 1. The van der Waals surface area contributed by atoms with Crippen LogP contribution >= 0.6 is 11.6 Å². The lowest BCUT2D eigenvalue weighted by molar-refractivity contribution is -0.138. The van der Waals surface area contributed by atoms with Gasteiger partial charge < -0.3 is 10.6 Å². The van der Waals surface area contributed by atoms with Gasteiger partial charge in [-0.25, -0.2) is 0 Å². The topological polar surface area (TPSA) is 46.3 Å². The Morgan fingerprint density at radius 2 is 1.86 bits per heavy atom. The minimum Gasteiger partial charge on any atom is -0.340 e. The largest absolute Gasteiger partial charge is 0.340 e. The van der Waals surface area contributed by atoms with Crippen molar-refractivity contribution in [2.24, 2.45) is 5.73 Å². The van der Waals surface area contributed by atoms with E-state index in [-0.39, 0.29) is 17.4 Å². The Morgan fingerprint density at radius 3 is 2.48 bits per heavy atom. The molecule has 1 amide bonds. The Hall–Kier alpha value is -1.06. The first-order valence-corrected chi connectivity index (χ1v) is 8.31. The molecule has 1 aromatic carbocycles. The molecule has 1 heterocycles. The lowest BCUT2D eigenvalue weighted by Crippen LogP contribution is -2.52. The average molecular weight is 307 g/mol. The van der Waals surface area contributed by atoms with Gasteiger partial charge >= 0.3 is 0 Å². The van der Waals surface area contributed by atoms with Crippen LogP contribution in [-0.2, 0) is 10.2 Å². The van der Waals surface area contributed by atoms with Gasteiger partial charge in [0.15, 0.2) is 0 Å². The molecule has 2 aliphatic rings. The lowest BCUT2D eigenvalue weighted by atomic mass is 9.77. The van der Waals surface area contributed by atoms with Crippen LogP contribution in [0, 0.1) is 0 Å². The van der Waals surface area contributed by atoms with Gasteiger partial charge in [-0.05, 0) is 43.4 Å². The Balaban J connectivity index is 1.89. The normalized spacial score (nSPS) is 25.0. The molecular formula is C17H23ClN2O. The van der Waals surface area contributed by atoms with Gasteiger partial charge in [0.2, 0.25) is 5.91 Å². The average Bonchev–Trinajstić information content (AvgIpc) is 2.98. The second-order valence-electron chi connectivity index (χ2n) is 6.45. The highest BCUT2D eigenvalue weighted by atomic mass is 35.5. The van der Waals surface area contributed by atoms with Crippen LogP contribution in [0.1, 0.15) is 44.1 Å². The molecule has 4 heteroatoms. The molecule has 1 unspecified atom stereocenters. The fourth-order valence-corrected chi connectivity index (χ4v) is 4.00. The number of carbonyl (C=O) groups is 1.